The van der Waals surface area contributed by atoms with Gasteiger partial charge in [-0.1, -0.05) is 18.2 Å². The van der Waals surface area contributed by atoms with E-state index in [4.69, 9.17) is 17.2 Å². The van der Waals surface area contributed by atoms with Crippen LogP contribution >= 0.6 is 23.6 Å². The molecule has 25 heavy (non-hydrogen) atoms. The lowest BCUT2D eigenvalue weighted by atomic mass is 10.2. The second-order valence-electron chi connectivity index (χ2n) is 6.51. The molecule has 3 heterocycles. The summed E-state index contributed by atoms with van der Waals surface area (Å²) in [7, 11) is 0. The van der Waals surface area contributed by atoms with Gasteiger partial charge in [0.05, 0.1) is 16.8 Å². The van der Waals surface area contributed by atoms with Crippen molar-refractivity contribution in [2.45, 2.75) is 39.0 Å². The van der Waals surface area contributed by atoms with Crippen molar-refractivity contribution in [1.82, 2.24) is 19.3 Å². The number of rotatable bonds is 5. The summed E-state index contributed by atoms with van der Waals surface area (Å²) in [6.07, 6.45) is 4.26. The summed E-state index contributed by atoms with van der Waals surface area (Å²) in [5.74, 6) is 0.944. The molecule has 3 aromatic rings. The van der Waals surface area contributed by atoms with Gasteiger partial charge in [0.25, 0.3) is 0 Å². The van der Waals surface area contributed by atoms with E-state index in [1.807, 2.05) is 33.6 Å². The molecule has 0 bridgehead atoms. The van der Waals surface area contributed by atoms with Gasteiger partial charge in [0.1, 0.15) is 11.9 Å². The normalized spacial score (nSPS) is 20.4. The van der Waals surface area contributed by atoms with Crippen LogP contribution in [0.3, 0.4) is 0 Å². The molecule has 0 amide bonds. The fourth-order valence-electron chi connectivity index (χ4n) is 3.62. The Morgan fingerprint density at radius 1 is 1.44 bits per heavy atom. The third-order valence-corrected chi connectivity index (χ3v) is 6.45. The maximum absolute atomic E-state index is 5.61. The summed E-state index contributed by atoms with van der Waals surface area (Å²) in [4.78, 5) is 6.38. The zero-order valence-electron chi connectivity index (χ0n) is 14.3. The summed E-state index contributed by atoms with van der Waals surface area (Å²) in [6.45, 7) is 8.45. The first-order valence-corrected chi connectivity index (χ1v) is 9.85. The van der Waals surface area contributed by atoms with E-state index in [1.165, 1.54) is 27.4 Å². The first-order chi connectivity index (χ1) is 12.2. The van der Waals surface area contributed by atoms with Gasteiger partial charge >= 0.3 is 0 Å². The van der Waals surface area contributed by atoms with Crippen molar-refractivity contribution in [3.63, 3.8) is 0 Å². The second-order valence-corrected chi connectivity index (χ2v) is 7.94. The molecule has 0 spiro atoms. The third-order valence-electron chi connectivity index (χ3n) is 4.86. The number of aromatic nitrogens is 4. The number of para-hydroxylation sites is 1. The second kappa shape index (κ2) is 6.82. The topological polar surface area (TPSA) is 40.1 Å². The Kier molecular flexibility index (Phi) is 4.54. The summed E-state index contributed by atoms with van der Waals surface area (Å²) in [5, 5.41) is 5.89. The number of thiazole rings is 1. The molecule has 5 nitrogen and oxygen atoms in total. The molecule has 1 fully saturated rings. The van der Waals surface area contributed by atoms with Crippen LogP contribution in [0.1, 0.15) is 29.7 Å². The summed E-state index contributed by atoms with van der Waals surface area (Å²) >= 11 is 7.43. The predicted molar refractivity (Wildman–Crippen MR) is 103 cm³/mol. The van der Waals surface area contributed by atoms with Crippen LogP contribution in [0.25, 0.3) is 10.2 Å². The molecule has 2 atom stereocenters. The third kappa shape index (κ3) is 3.07. The van der Waals surface area contributed by atoms with Crippen molar-refractivity contribution < 1.29 is 4.90 Å². The van der Waals surface area contributed by atoms with Crippen LogP contribution in [0.15, 0.2) is 36.9 Å². The number of nitrogens with zero attached hydrogens (tertiary/aromatic N) is 4. The lowest BCUT2D eigenvalue weighted by molar-refractivity contribution is -0.941. The van der Waals surface area contributed by atoms with E-state index in [-0.39, 0.29) is 0 Å². The fraction of sp³-hybridized carbons (Fsp3) is 0.389. The van der Waals surface area contributed by atoms with Gasteiger partial charge in [0, 0.05) is 19.4 Å². The van der Waals surface area contributed by atoms with E-state index in [0.717, 1.165) is 29.3 Å². The Morgan fingerprint density at radius 3 is 3.08 bits per heavy atom. The summed E-state index contributed by atoms with van der Waals surface area (Å²) in [6, 6.07) is 8.82. The van der Waals surface area contributed by atoms with E-state index in [1.54, 1.807) is 0 Å². The van der Waals surface area contributed by atoms with E-state index >= 15 is 0 Å². The molecule has 1 aliphatic rings. The number of benzene rings is 1. The van der Waals surface area contributed by atoms with Crippen LogP contribution in [-0.2, 0) is 13.2 Å². The minimum atomic E-state index is 0.434. The van der Waals surface area contributed by atoms with Crippen molar-refractivity contribution in [2.75, 3.05) is 6.54 Å². The van der Waals surface area contributed by atoms with Crippen LogP contribution in [0.4, 0.5) is 0 Å². The minimum absolute atomic E-state index is 0.434. The number of aryl methyl sites for hydroxylation is 1. The molecule has 2 aromatic heterocycles. The van der Waals surface area contributed by atoms with Gasteiger partial charge in [-0.25, -0.2) is 4.98 Å². The highest BCUT2D eigenvalue weighted by atomic mass is 32.1. The first-order valence-electron chi connectivity index (χ1n) is 8.62. The van der Waals surface area contributed by atoms with Crippen molar-refractivity contribution in [3.05, 3.63) is 52.5 Å². The van der Waals surface area contributed by atoms with Gasteiger partial charge in [-0.3, -0.25) is 0 Å². The van der Waals surface area contributed by atoms with Gasteiger partial charge in [-0.05, 0) is 31.3 Å². The summed E-state index contributed by atoms with van der Waals surface area (Å²) in [5.41, 5.74) is 1.11. The number of likely N-dealkylation sites (tertiary alicyclic amines) is 1. The Morgan fingerprint density at radius 2 is 2.28 bits per heavy atom. The molecule has 1 N–H and O–H groups in total. The number of hydrogen-bond donors (Lipinski definition) is 1. The van der Waals surface area contributed by atoms with Gasteiger partial charge in [-0.2, -0.15) is 9.78 Å². The molecule has 0 radical (unpaired) electrons. The maximum atomic E-state index is 5.61. The molecule has 0 aliphatic carbocycles. The van der Waals surface area contributed by atoms with E-state index in [9.17, 15) is 0 Å². The number of hydrogen-bond acceptors (Lipinski definition) is 4. The van der Waals surface area contributed by atoms with Crippen molar-refractivity contribution in [1.29, 1.82) is 0 Å². The van der Waals surface area contributed by atoms with Crippen LogP contribution in [0.5, 0.6) is 0 Å². The van der Waals surface area contributed by atoms with Crippen molar-refractivity contribution in [3.8, 4) is 0 Å². The molecule has 0 saturated carbocycles. The van der Waals surface area contributed by atoms with Crippen LogP contribution in [0, 0.1) is 11.7 Å². The maximum Gasteiger partial charge on any atom is 0.203 e. The number of nitrogens with one attached hydrogen (secondary N) is 1. The zero-order chi connectivity index (χ0) is 17.4. The monoisotopic (exact) mass is 372 g/mol. The lowest BCUT2D eigenvalue weighted by Crippen LogP contribution is -3.09. The Bertz CT molecular complexity index is 934. The molecule has 7 heteroatoms. The van der Waals surface area contributed by atoms with E-state index in [2.05, 4.69) is 35.9 Å². The van der Waals surface area contributed by atoms with Crippen LogP contribution < -0.4 is 4.90 Å². The average molecular weight is 373 g/mol. The van der Waals surface area contributed by atoms with Gasteiger partial charge in [-0.15, -0.1) is 17.9 Å². The predicted octanol–water partition coefficient (Wildman–Crippen LogP) is 2.90. The molecule has 1 saturated heterocycles. The average Bonchev–Trinajstić information content (AvgIpc) is 3.29. The molecular weight excluding hydrogens is 350 g/mol. The largest absolute Gasteiger partial charge is 0.308 e. The fourth-order valence-corrected chi connectivity index (χ4v) is 5.09. The number of allylic oxidation sites excluding steroid dienone is 1. The lowest BCUT2D eigenvalue weighted by Gasteiger charge is -2.19. The van der Waals surface area contributed by atoms with Crippen LogP contribution in [-0.4, -0.2) is 25.9 Å². The molecule has 1 unspecified atom stereocenters. The molecule has 1 aromatic carbocycles. The number of fused-ring (bicyclic) bond motifs is 1. The molecule has 130 valence electrons. The molecule has 4 rings (SSSR count). The highest BCUT2D eigenvalue weighted by Gasteiger charge is 2.33. The quantitative estimate of drug-likeness (QED) is 0.553. The highest BCUT2D eigenvalue weighted by Crippen LogP contribution is 2.28. The Hall–Kier alpha value is -1.83. The zero-order valence-corrected chi connectivity index (χ0v) is 15.9. The first kappa shape index (κ1) is 16.6. The smallest absolute Gasteiger partial charge is 0.203 e. The van der Waals surface area contributed by atoms with Gasteiger partial charge in [0.15, 0.2) is 11.7 Å². The van der Waals surface area contributed by atoms with Gasteiger partial charge in [0.2, 0.25) is 4.77 Å². The highest BCUT2D eigenvalue weighted by molar-refractivity contribution is 7.71. The summed E-state index contributed by atoms with van der Waals surface area (Å²) < 4.78 is 6.05. The Labute approximate surface area is 156 Å². The van der Waals surface area contributed by atoms with Gasteiger partial charge < -0.3 is 9.47 Å². The Balaban J connectivity index is 1.61. The van der Waals surface area contributed by atoms with Crippen LogP contribution in [0.2, 0.25) is 0 Å². The van der Waals surface area contributed by atoms with E-state index in [0.29, 0.717) is 12.6 Å². The molecule has 1 aliphatic heterocycles. The van der Waals surface area contributed by atoms with Crippen molar-refractivity contribution >= 4 is 33.8 Å². The minimum Gasteiger partial charge on any atom is -0.308 e. The number of quaternary nitrogens is 1. The SMILES string of the molecule is C=CCn1c(C)nn(C[NH+]2CCC[C@@H]2c2nc3ccccc3s2)c1=S. The molecular formula is C18H22N5S2+. The standard InChI is InChI=1S/C18H21N5S2/c1-3-10-22-13(2)20-23(18(22)24)12-21-11-6-8-15(21)17-19-14-7-4-5-9-16(14)25-17/h3-5,7,9,15H,1,6,8,10-12H2,2H3/p+1/t15-/m1/s1. The van der Waals surface area contributed by atoms with E-state index < -0.39 is 0 Å². The van der Waals surface area contributed by atoms with Crippen molar-refractivity contribution in [2.24, 2.45) is 0 Å².